The van der Waals surface area contributed by atoms with Gasteiger partial charge >= 0.3 is 0 Å². The van der Waals surface area contributed by atoms with Crippen molar-refractivity contribution >= 4 is 0 Å². The standard InChI is InChI=1S/C12H11N3O2/c1-2-4-13-11(3-1)10-7-14-15(8-10)9-12-16-5-6-17-12/h1-8,12H,9H2. The molecule has 0 fully saturated rings. The lowest BCUT2D eigenvalue weighted by Gasteiger charge is -2.09. The van der Waals surface area contributed by atoms with E-state index in [-0.39, 0.29) is 6.29 Å². The van der Waals surface area contributed by atoms with Gasteiger partial charge in [-0.1, -0.05) is 6.07 Å². The lowest BCUT2D eigenvalue weighted by molar-refractivity contribution is -0.0364. The molecule has 5 nitrogen and oxygen atoms in total. The highest BCUT2D eigenvalue weighted by molar-refractivity contribution is 5.56. The maximum absolute atomic E-state index is 5.19. The molecule has 0 radical (unpaired) electrons. The van der Waals surface area contributed by atoms with Crippen molar-refractivity contribution in [2.75, 3.05) is 0 Å². The first kappa shape index (κ1) is 9.89. The van der Waals surface area contributed by atoms with Gasteiger partial charge in [-0.05, 0) is 12.1 Å². The smallest absolute Gasteiger partial charge is 0.259 e. The van der Waals surface area contributed by atoms with Gasteiger partial charge in [0.2, 0.25) is 0 Å². The average Bonchev–Trinajstić information content (AvgIpc) is 3.02. The summed E-state index contributed by atoms with van der Waals surface area (Å²) in [5.74, 6) is 0. The largest absolute Gasteiger partial charge is 0.457 e. The molecule has 2 aromatic rings. The third-order valence-corrected chi connectivity index (χ3v) is 2.45. The van der Waals surface area contributed by atoms with Gasteiger partial charge in [-0.25, -0.2) is 0 Å². The van der Waals surface area contributed by atoms with Crippen LogP contribution in [0.3, 0.4) is 0 Å². The number of rotatable bonds is 3. The van der Waals surface area contributed by atoms with Gasteiger partial charge in [0.1, 0.15) is 19.1 Å². The number of ether oxygens (including phenoxy) is 2. The predicted molar refractivity (Wildman–Crippen MR) is 60.6 cm³/mol. The molecule has 1 aliphatic rings. The molecule has 2 aromatic heterocycles. The number of pyridine rings is 1. The van der Waals surface area contributed by atoms with E-state index in [1.54, 1.807) is 17.1 Å². The van der Waals surface area contributed by atoms with Crippen LogP contribution in [0.15, 0.2) is 49.3 Å². The second-order valence-electron chi connectivity index (χ2n) is 3.64. The Labute approximate surface area is 98.3 Å². The second-order valence-corrected chi connectivity index (χ2v) is 3.64. The molecule has 0 N–H and O–H groups in total. The van der Waals surface area contributed by atoms with E-state index in [4.69, 9.17) is 9.47 Å². The highest BCUT2D eigenvalue weighted by atomic mass is 16.7. The molecule has 0 bridgehead atoms. The van der Waals surface area contributed by atoms with Crippen LogP contribution in [0.1, 0.15) is 0 Å². The highest BCUT2D eigenvalue weighted by Gasteiger charge is 2.14. The Morgan fingerprint density at radius 3 is 2.88 bits per heavy atom. The van der Waals surface area contributed by atoms with E-state index in [0.29, 0.717) is 6.54 Å². The molecule has 3 rings (SSSR count). The molecule has 0 amide bonds. The minimum absolute atomic E-state index is 0.286. The van der Waals surface area contributed by atoms with Gasteiger partial charge in [-0.15, -0.1) is 0 Å². The van der Waals surface area contributed by atoms with Crippen LogP contribution >= 0.6 is 0 Å². The Bertz CT molecular complexity index is 514. The molecular formula is C12H11N3O2. The van der Waals surface area contributed by atoms with Crippen LogP contribution in [0.5, 0.6) is 0 Å². The van der Waals surface area contributed by atoms with E-state index < -0.39 is 0 Å². The molecule has 17 heavy (non-hydrogen) atoms. The molecule has 0 saturated heterocycles. The molecular weight excluding hydrogens is 218 g/mol. The summed E-state index contributed by atoms with van der Waals surface area (Å²) in [5.41, 5.74) is 1.89. The van der Waals surface area contributed by atoms with Gasteiger partial charge in [-0.3, -0.25) is 9.67 Å². The Kier molecular flexibility index (Phi) is 2.50. The van der Waals surface area contributed by atoms with Gasteiger partial charge in [0.25, 0.3) is 6.29 Å². The van der Waals surface area contributed by atoms with Crippen LogP contribution in [0.4, 0.5) is 0 Å². The summed E-state index contributed by atoms with van der Waals surface area (Å²) in [6, 6.07) is 5.79. The maximum Gasteiger partial charge on any atom is 0.259 e. The van der Waals surface area contributed by atoms with E-state index in [1.807, 2.05) is 24.4 Å². The van der Waals surface area contributed by atoms with Crippen molar-refractivity contribution in [3.05, 3.63) is 49.3 Å². The Morgan fingerprint density at radius 2 is 2.12 bits per heavy atom. The first-order chi connectivity index (χ1) is 8.42. The van der Waals surface area contributed by atoms with Crippen LogP contribution < -0.4 is 0 Å². The fraction of sp³-hybridized carbons (Fsp3) is 0.167. The zero-order valence-electron chi connectivity index (χ0n) is 9.06. The van der Waals surface area contributed by atoms with Crippen LogP contribution in [-0.4, -0.2) is 21.1 Å². The first-order valence-corrected chi connectivity index (χ1v) is 5.31. The van der Waals surface area contributed by atoms with E-state index in [0.717, 1.165) is 11.3 Å². The number of aromatic nitrogens is 3. The summed E-state index contributed by atoms with van der Waals surface area (Å²) in [7, 11) is 0. The van der Waals surface area contributed by atoms with Crippen LogP contribution in [-0.2, 0) is 16.0 Å². The van der Waals surface area contributed by atoms with Crippen molar-refractivity contribution in [1.82, 2.24) is 14.8 Å². The molecule has 0 atom stereocenters. The normalized spacial score (nSPS) is 14.6. The minimum Gasteiger partial charge on any atom is -0.457 e. The third kappa shape index (κ3) is 2.13. The quantitative estimate of drug-likeness (QED) is 0.805. The highest BCUT2D eigenvalue weighted by Crippen LogP contribution is 2.16. The van der Waals surface area contributed by atoms with Crippen LogP contribution in [0, 0.1) is 0 Å². The molecule has 3 heterocycles. The summed E-state index contributed by atoms with van der Waals surface area (Å²) in [6.45, 7) is 0.555. The Balaban J connectivity index is 1.74. The molecule has 0 aliphatic carbocycles. The average molecular weight is 229 g/mol. The van der Waals surface area contributed by atoms with Crippen molar-refractivity contribution in [2.45, 2.75) is 12.8 Å². The summed E-state index contributed by atoms with van der Waals surface area (Å²) < 4.78 is 12.2. The Morgan fingerprint density at radius 1 is 1.24 bits per heavy atom. The monoisotopic (exact) mass is 229 g/mol. The molecule has 86 valence electrons. The van der Waals surface area contributed by atoms with Gasteiger partial charge in [0, 0.05) is 18.0 Å². The Hall–Kier alpha value is -2.30. The fourth-order valence-electron chi connectivity index (χ4n) is 1.64. The lowest BCUT2D eigenvalue weighted by Crippen LogP contribution is -2.16. The maximum atomic E-state index is 5.19. The van der Waals surface area contributed by atoms with Crippen molar-refractivity contribution in [1.29, 1.82) is 0 Å². The topological polar surface area (TPSA) is 49.2 Å². The van der Waals surface area contributed by atoms with Crippen molar-refractivity contribution in [3.8, 4) is 11.3 Å². The van der Waals surface area contributed by atoms with Crippen molar-refractivity contribution in [3.63, 3.8) is 0 Å². The third-order valence-electron chi connectivity index (χ3n) is 2.45. The minimum atomic E-state index is -0.286. The van der Waals surface area contributed by atoms with E-state index in [2.05, 4.69) is 10.1 Å². The number of hydrogen-bond acceptors (Lipinski definition) is 4. The van der Waals surface area contributed by atoms with Crippen LogP contribution in [0.2, 0.25) is 0 Å². The van der Waals surface area contributed by atoms with Crippen LogP contribution in [0.25, 0.3) is 11.3 Å². The van der Waals surface area contributed by atoms with Gasteiger partial charge < -0.3 is 9.47 Å². The molecule has 0 saturated carbocycles. The fourth-order valence-corrected chi connectivity index (χ4v) is 1.64. The zero-order valence-corrected chi connectivity index (χ0v) is 9.06. The molecule has 0 spiro atoms. The van der Waals surface area contributed by atoms with Gasteiger partial charge in [-0.2, -0.15) is 5.10 Å². The van der Waals surface area contributed by atoms with E-state index >= 15 is 0 Å². The van der Waals surface area contributed by atoms with Gasteiger partial charge in [0.15, 0.2) is 0 Å². The first-order valence-electron chi connectivity index (χ1n) is 5.31. The number of hydrogen-bond donors (Lipinski definition) is 0. The van der Waals surface area contributed by atoms with E-state index in [1.165, 1.54) is 12.5 Å². The van der Waals surface area contributed by atoms with E-state index in [9.17, 15) is 0 Å². The lowest BCUT2D eigenvalue weighted by atomic mass is 10.2. The molecule has 0 unspecified atom stereocenters. The molecule has 1 aliphatic heterocycles. The zero-order chi connectivity index (χ0) is 11.5. The SMILES string of the molecule is C1=COC(Cn2cc(-c3ccccn3)cn2)O1. The summed E-state index contributed by atoms with van der Waals surface area (Å²) in [6.07, 6.45) is 8.26. The summed E-state index contributed by atoms with van der Waals surface area (Å²) >= 11 is 0. The molecule has 0 aromatic carbocycles. The second kappa shape index (κ2) is 4.29. The van der Waals surface area contributed by atoms with Crippen molar-refractivity contribution < 1.29 is 9.47 Å². The van der Waals surface area contributed by atoms with Crippen molar-refractivity contribution in [2.24, 2.45) is 0 Å². The number of nitrogens with zero attached hydrogens (tertiary/aromatic N) is 3. The van der Waals surface area contributed by atoms with Gasteiger partial charge in [0.05, 0.1) is 11.9 Å². The predicted octanol–water partition coefficient (Wildman–Crippen LogP) is 1.79. The summed E-state index contributed by atoms with van der Waals surface area (Å²) in [4.78, 5) is 4.27. The summed E-state index contributed by atoms with van der Waals surface area (Å²) in [5, 5.41) is 4.24. The molecule has 5 heteroatoms.